The minimum atomic E-state index is -0.354. The Morgan fingerprint density at radius 3 is 3.00 bits per heavy atom. The molecule has 0 amide bonds. The molecule has 82 valence electrons. The highest BCUT2D eigenvalue weighted by atomic mass is 16.5. The maximum Gasteiger partial charge on any atom is 0.374 e. The van der Waals surface area contributed by atoms with E-state index >= 15 is 0 Å². The molecular weight excluding hydrogens is 204 g/mol. The van der Waals surface area contributed by atoms with E-state index in [2.05, 4.69) is 0 Å². The minimum absolute atomic E-state index is 0.316. The summed E-state index contributed by atoms with van der Waals surface area (Å²) in [6.07, 6.45) is 3.93. The molecule has 0 N–H and O–H groups in total. The number of carbonyl (C=O) groups excluding carboxylic acids is 1. The van der Waals surface area contributed by atoms with E-state index in [1.54, 1.807) is 6.26 Å². The molecule has 3 rings (SSSR count). The zero-order valence-electron chi connectivity index (χ0n) is 8.81. The monoisotopic (exact) mass is 216 g/mol. The van der Waals surface area contributed by atoms with Crippen molar-refractivity contribution in [3.63, 3.8) is 0 Å². The van der Waals surface area contributed by atoms with Gasteiger partial charge >= 0.3 is 5.97 Å². The quantitative estimate of drug-likeness (QED) is 0.740. The Bertz CT molecular complexity index is 523. The molecule has 3 heteroatoms. The second-order valence-corrected chi connectivity index (χ2v) is 4.19. The molecule has 0 aliphatic heterocycles. The van der Waals surface area contributed by atoms with Gasteiger partial charge < -0.3 is 9.15 Å². The molecule has 0 spiro atoms. The van der Waals surface area contributed by atoms with Crippen LogP contribution in [0.3, 0.4) is 0 Å². The average molecular weight is 216 g/mol. The zero-order chi connectivity index (χ0) is 11.0. The molecule has 1 saturated carbocycles. The second kappa shape index (κ2) is 3.67. The number of hydrogen-bond acceptors (Lipinski definition) is 3. The van der Waals surface area contributed by atoms with E-state index in [1.807, 2.05) is 24.3 Å². The van der Waals surface area contributed by atoms with E-state index in [-0.39, 0.29) is 5.97 Å². The van der Waals surface area contributed by atoms with Crippen LogP contribution in [0.4, 0.5) is 0 Å². The number of fused-ring (bicyclic) bond motifs is 1. The summed E-state index contributed by atoms with van der Waals surface area (Å²) >= 11 is 0. The van der Waals surface area contributed by atoms with Gasteiger partial charge in [0.15, 0.2) is 0 Å². The summed E-state index contributed by atoms with van der Waals surface area (Å²) in [6.45, 7) is 0.522. The Kier molecular flexibility index (Phi) is 2.17. The smallest absolute Gasteiger partial charge is 0.374 e. The van der Waals surface area contributed by atoms with Crippen LogP contribution >= 0.6 is 0 Å². The molecule has 1 aliphatic carbocycles. The van der Waals surface area contributed by atoms with Gasteiger partial charge in [-0.25, -0.2) is 4.79 Å². The van der Waals surface area contributed by atoms with Gasteiger partial charge in [0.05, 0.1) is 12.9 Å². The van der Waals surface area contributed by atoms with Gasteiger partial charge in [0.25, 0.3) is 0 Å². The maximum absolute atomic E-state index is 11.7. The first kappa shape index (κ1) is 9.46. The van der Waals surface area contributed by atoms with Gasteiger partial charge in [-0.05, 0) is 18.8 Å². The fraction of sp³-hybridized carbons (Fsp3) is 0.308. The van der Waals surface area contributed by atoms with Crippen molar-refractivity contribution < 1.29 is 13.9 Å². The molecule has 0 bridgehead atoms. The Hall–Kier alpha value is -1.77. The molecule has 3 nitrogen and oxygen atoms in total. The van der Waals surface area contributed by atoms with Crippen LogP contribution in [-0.2, 0) is 4.74 Å². The van der Waals surface area contributed by atoms with Crippen molar-refractivity contribution >= 4 is 16.7 Å². The Balaban J connectivity index is 1.83. The van der Waals surface area contributed by atoms with Crippen LogP contribution < -0.4 is 0 Å². The molecule has 2 aromatic rings. The Morgan fingerprint density at radius 2 is 2.19 bits per heavy atom. The van der Waals surface area contributed by atoms with Gasteiger partial charge in [-0.3, -0.25) is 0 Å². The van der Waals surface area contributed by atoms with Crippen LogP contribution in [0.5, 0.6) is 0 Å². The topological polar surface area (TPSA) is 39.4 Å². The van der Waals surface area contributed by atoms with Gasteiger partial charge in [-0.2, -0.15) is 0 Å². The van der Waals surface area contributed by atoms with E-state index in [9.17, 15) is 4.79 Å². The van der Waals surface area contributed by atoms with E-state index in [0.29, 0.717) is 18.3 Å². The third kappa shape index (κ3) is 1.69. The van der Waals surface area contributed by atoms with Crippen LogP contribution in [0.25, 0.3) is 10.8 Å². The molecule has 0 radical (unpaired) electrons. The fourth-order valence-corrected chi connectivity index (χ4v) is 1.69. The van der Waals surface area contributed by atoms with Crippen molar-refractivity contribution in [1.29, 1.82) is 0 Å². The Labute approximate surface area is 93.0 Å². The Morgan fingerprint density at radius 1 is 1.38 bits per heavy atom. The van der Waals surface area contributed by atoms with Gasteiger partial charge in [0, 0.05) is 10.8 Å². The first-order valence-corrected chi connectivity index (χ1v) is 5.48. The first-order valence-electron chi connectivity index (χ1n) is 5.48. The van der Waals surface area contributed by atoms with Gasteiger partial charge in [0.1, 0.15) is 0 Å². The van der Waals surface area contributed by atoms with Crippen molar-refractivity contribution in [2.75, 3.05) is 6.61 Å². The lowest BCUT2D eigenvalue weighted by atomic mass is 10.2. The van der Waals surface area contributed by atoms with E-state index in [1.165, 1.54) is 12.8 Å². The molecule has 0 unspecified atom stereocenters. The lowest BCUT2D eigenvalue weighted by molar-refractivity contribution is 0.0453. The fourth-order valence-electron chi connectivity index (χ4n) is 1.69. The predicted octanol–water partition coefficient (Wildman–Crippen LogP) is 3.00. The van der Waals surface area contributed by atoms with Crippen LogP contribution in [-0.4, -0.2) is 12.6 Å². The largest absolute Gasteiger partial charge is 0.460 e. The van der Waals surface area contributed by atoms with E-state index in [4.69, 9.17) is 9.15 Å². The molecule has 1 heterocycles. The molecule has 1 aromatic heterocycles. The van der Waals surface area contributed by atoms with E-state index < -0.39 is 0 Å². The molecule has 1 fully saturated rings. The molecular formula is C13H12O3. The van der Waals surface area contributed by atoms with Crippen LogP contribution in [0, 0.1) is 5.92 Å². The van der Waals surface area contributed by atoms with Crippen LogP contribution in [0.1, 0.15) is 23.4 Å². The molecule has 16 heavy (non-hydrogen) atoms. The highest BCUT2D eigenvalue weighted by Gasteiger charge is 2.24. The lowest BCUT2D eigenvalue weighted by Crippen LogP contribution is -2.06. The summed E-state index contributed by atoms with van der Waals surface area (Å²) in [7, 11) is 0. The minimum Gasteiger partial charge on any atom is -0.460 e. The summed E-state index contributed by atoms with van der Waals surface area (Å²) < 4.78 is 10.4. The standard InChI is InChI=1S/C13H12O3/c14-13(16-7-9-5-6-9)12-11-4-2-1-3-10(11)8-15-12/h1-4,8-9H,5-7H2. The first-order chi connectivity index (χ1) is 7.84. The molecule has 1 aliphatic rings. The van der Waals surface area contributed by atoms with E-state index in [0.717, 1.165) is 10.8 Å². The summed E-state index contributed by atoms with van der Waals surface area (Å²) in [5.41, 5.74) is 0. The van der Waals surface area contributed by atoms with Crippen molar-refractivity contribution in [2.45, 2.75) is 12.8 Å². The number of rotatable bonds is 3. The number of furan rings is 1. The van der Waals surface area contributed by atoms with Gasteiger partial charge in [0.2, 0.25) is 5.76 Å². The zero-order valence-corrected chi connectivity index (χ0v) is 8.81. The normalized spacial score (nSPS) is 15.2. The van der Waals surface area contributed by atoms with Crippen LogP contribution in [0.15, 0.2) is 34.9 Å². The van der Waals surface area contributed by atoms with Crippen molar-refractivity contribution in [3.05, 3.63) is 36.3 Å². The predicted molar refractivity (Wildman–Crippen MR) is 59.2 cm³/mol. The number of hydrogen-bond donors (Lipinski definition) is 0. The third-order valence-electron chi connectivity index (χ3n) is 2.84. The SMILES string of the molecule is O=C(OCC1CC1)c1occ2ccccc12. The highest BCUT2D eigenvalue weighted by molar-refractivity contribution is 6.02. The van der Waals surface area contributed by atoms with Gasteiger partial charge in [-0.1, -0.05) is 24.3 Å². The summed E-state index contributed by atoms with van der Waals surface area (Å²) in [5.74, 6) is 0.537. The number of ether oxygens (including phenoxy) is 1. The summed E-state index contributed by atoms with van der Waals surface area (Å²) in [6, 6.07) is 7.58. The second-order valence-electron chi connectivity index (χ2n) is 4.19. The number of carbonyl (C=O) groups is 1. The molecule has 0 atom stereocenters. The van der Waals surface area contributed by atoms with Crippen molar-refractivity contribution in [1.82, 2.24) is 0 Å². The summed E-state index contributed by atoms with van der Waals surface area (Å²) in [4.78, 5) is 11.7. The number of esters is 1. The van der Waals surface area contributed by atoms with Crippen LogP contribution in [0.2, 0.25) is 0 Å². The average Bonchev–Trinajstić information content (AvgIpc) is 3.04. The third-order valence-corrected chi connectivity index (χ3v) is 2.84. The van der Waals surface area contributed by atoms with Crippen molar-refractivity contribution in [3.8, 4) is 0 Å². The molecule has 0 saturated heterocycles. The lowest BCUT2D eigenvalue weighted by Gasteiger charge is -2.00. The molecule has 1 aromatic carbocycles. The van der Waals surface area contributed by atoms with Crippen molar-refractivity contribution in [2.24, 2.45) is 5.92 Å². The maximum atomic E-state index is 11.7. The number of benzene rings is 1. The highest BCUT2D eigenvalue weighted by Crippen LogP contribution is 2.29. The summed E-state index contributed by atoms with van der Waals surface area (Å²) in [5, 5.41) is 1.75. The van der Waals surface area contributed by atoms with Gasteiger partial charge in [-0.15, -0.1) is 0 Å².